The maximum absolute atomic E-state index is 13.0. The predicted molar refractivity (Wildman–Crippen MR) is 105 cm³/mol. The SMILES string of the molecule is CCN(CCO)c1ccc(N=C2CCN(c3ccc(F)cc3)C=N2)cc1. The van der Waals surface area contributed by atoms with E-state index >= 15 is 0 Å². The minimum atomic E-state index is -0.242. The number of benzene rings is 2. The molecule has 3 rings (SSSR count). The highest BCUT2D eigenvalue weighted by Crippen LogP contribution is 2.21. The van der Waals surface area contributed by atoms with Gasteiger partial charge in [-0.2, -0.15) is 0 Å². The molecule has 5 nitrogen and oxygen atoms in total. The number of halogens is 1. The van der Waals surface area contributed by atoms with Crippen molar-refractivity contribution >= 4 is 29.2 Å². The number of amidine groups is 1. The summed E-state index contributed by atoms with van der Waals surface area (Å²) in [5.74, 6) is 0.535. The maximum Gasteiger partial charge on any atom is 0.132 e. The van der Waals surface area contributed by atoms with Crippen molar-refractivity contribution in [1.82, 2.24) is 0 Å². The molecular formula is C20H23FN4O. The van der Waals surface area contributed by atoms with Crippen molar-refractivity contribution in [2.75, 3.05) is 36.0 Å². The molecule has 0 atom stereocenters. The van der Waals surface area contributed by atoms with Gasteiger partial charge in [0.05, 0.1) is 18.6 Å². The molecule has 1 aliphatic rings. The predicted octanol–water partition coefficient (Wildman–Crippen LogP) is 3.61. The molecule has 0 aliphatic carbocycles. The number of aliphatic imine (C=N–C) groups is 2. The molecule has 26 heavy (non-hydrogen) atoms. The van der Waals surface area contributed by atoms with Crippen molar-refractivity contribution in [3.8, 4) is 0 Å². The zero-order chi connectivity index (χ0) is 18.4. The average Bonchev–Trinajstić information content (AvgIpc) is 2.68. The van der Waals surface area contributed by atoms with Gasteiger partial charge in [-0.1, -0.05) is 0 Å². The van der Waals surface area contributed by atoms with Crippen LogP contribution in [0.1, 0.15) is 13.3 Å². The largest absolute Gasteiger partial charge is 0.395 e. The fourth-order valence-corrected chi connectivity index (χ4v) is 2.87. The first-order valence-electron chi connectivity index (χ1n) is 8.79. The second-order valence-electron chi connectivity index (χ2n) is 6.01. The summed E-state index contributed by atoms with van der Waals surface area (Å²) in [7, 11) is 0. The first-order valence-corrected chi connectivity index (χ1v) is 8.79. The lowest BCUT2D eigenvalue weighted by Crippen LogP contribution is -2.28. The molecule has 2 aromatic carbocycles. The van der Waals surface area contributed by atoms with Crippen LogP contribution < -0.4 is 9.80 Å². The van der Waals surface area contributed by atoms with Gasteiger partial charge in [0.2, 0.25) is 0 Å². The van der Waals surface area contributed by atoms with Gasteiger partial charge in [-0.3, -0.25) is 0 Å². The Labute approximate surface area is 153 Å². The molecule has 136 valence electrons. The highest BCUT2D eigenvalue weighted by Gasteiger charge is 2.12. The van der Waals surface area contributed by atoms with E-state index in [0.29, 0.717) is 6.54 Å². The molecule has 0 radical (unpaired) electrons. The summed E-state index contributed by atoms with van der Waals surface area (Å²) in [4.78, 5) is 13.1. The van der Waals surface area contributed by atoms with E-state index in [0.717, 1.165) is 42.4 Å². The summed E-state index contributed by atoms with van der Waals surface area (Å²) in [5.41, 5.74) is 2.85. The topological polar surface area (TPSA) is 51.4 Å². The molecule has 0 saturated carbocycles. The minimum absolute atomic E-state index is 0.136. The standard InChI is InChI=1S/C20H23FN4O/c1-2-24(13-14-26)18-9-5-17(6-10-18)23-20-11-12-25(15-22-20)19-7-3-16(21)4-8-19/h3-10,15,26H,2,11-14H2,1H3. The first-order chi connectivity index (χ1) is 12.7. The monoisotopic (exact) mass is 354 g/mol. The molecule has 1 aliphatic heterocycles. The van der Waals surface area contributed by atoms with Crippen molar-refractivity contribution in [1.29, 1.82) is 0 Å². The molecule has 1 N–H and O–H groups in total. The highest BCUT2D eigenvalue weighted by molar-refractivity contribution is 5.98. The third kappa shape index (κ3) is 4.46. The van der Waals surface area contributed by atoms with E-state index in [-0.39, 0.29) is 12.4 Å². The number of aliphatic hydroxyl groups excluding tert-OH is 1. The summed E-state index contributed by atoms with van der Waals surface area (Å²) in [6.07, 6.45) is 2.46. The molecule has 2 aromatic rings. The molecule has 0 spiro atoms. The molecule has 0 saturated heterocycles. The van der Waals surface area contributed by atoms with Gasteiger partial charge in [0.25, 0.3) is 0 Å². The van der Waals surface area contributed by atoms with Crippen molar-refractivity contribution in [3.63, 3.8) is 0 Å². The summed E-state index contributed by atoms with van der Waals surface area (Å²) >= 11 is 0. The second-order valence-corrected chi connectivity index (χ2v) is 6.01. The number of anilines is 2. The van der Waals surface area contributed by atoms with Crippen LogP contribution in [0, 0.1) is 5.82 Å². The van der Waals surface area contributed by atoms with Gasteiger partial charge in [-0.15, -0.1) is 0 Å². The van der Waals surface area contributed by atoms with E-state index < -0.39 is 0 Å². The quantitative estimate of drug-likeness (QED) is 0.862. The van der Waals surface area contributed by atoms with Crippen LogP contribution in [0.25, 0.3) is 0 Å². The van der Waals surface area contributed by atoms with E-state index in [1.807, 2.05) is 29.2 Å². The highest BCUT2D eigenvalue weighted by atomic mass is 19.1. The molecule has 0 amide bonds. The van der Waals surface area contributed by atoms with Gasteiger partial charge in [0, 0.05) is 37.4 Å². The van der Waals surface area contributed by atoms with Crippen molar-refractivity contribution in [3.05, 3.63) is 54.3 Å². The van der Waals surface area contributed by atoms with Gasteiger partial charge in [0.15, 0.2) is 0 Å². The van der Waals surface area contributed by atoms with Gasteiger partial charge in [-0.25, -0.2) is 14.4 Å². The number of aliphatic hydroxyl groups is 1. The van der Waals surface area contributed by atoms with Crippen LogP contribution in [0.4, 0.5) is 21.5 Å². The molecule has 0 fully saturated rings. The number of nitrogens with zero attached hydrogens (tertiary/aromatic N) is 4. The number of hydrogen-bond donors (Lipinski definition) is 1. The molecule has 1 heterocycles. The lowest BCUT2D eigenvalue weighted by Gasteiger charge is -2.23. The van der Waals surface area contributed by atoms with E-state index in [1.165, 1.54) is 12.1 Å². The lowest BCUT2D eigenvalue weighted by atomic mass is 10.2. The van der Waals surface area contributed by atoms with E-state index in [1.54, 1.807) is 18.5 Å². The average molecular weight is 354 g/mol. The first kappa shape index (κ1) is 18.1. The van der Waals surface area contributed by atoms with Gasteiger partial charge < -0.3 is 14.9 Å². The molecular weight excluding hydrogens is 331 g/mol. The van der Waals surface area contributed by atoms with Crippen molar-refractivity contribution in [2.24, 2.45) is 9.98 Å². The zero-order valence-electron chi connectivity index (χ0n) is 14.8. The minimum Gasteiger partial charge on any atom is -0.395 e. The van der Waals surface area contributed by atoms with Gasteiger partial charge in [-0.05, 0) is 55.5 Å². The van der Waals surface area contributed by atoms with E-state index in [2.05, 4.69) is 21.8 Å². The molecule has 0 aromatic heterocycles. The van der Waals surface area contributed by atoms with Crippen LogP contribution in [-0.2, 0) is 0 Å². The van der Waals surface area contributed by atoms with E-state index in [9.17, 15) is 4.39 Å². The Morgan fingerprint density at radius 2 is 1.88 bits per heavy atom. The van der Waals surface area contributed by atoms with Crippen LogP contribution in [0.3, 0.4) is 0 Å². The van der Waals surface area contributed by atoms with Gasteiger partial charge in [0.1, 0.15) is 11.7 Å². The number of hydrogen-bond acceptors (Lipinski definition) is 4. The second kappa shape index (κ2) is 8.58. The Hall–Kier alpha value is -2.73. The lowest BCUT2D eigenvalue weighted by molar-refractivity contribution is 0.302. The fourth-order valence-electron chi connectivity index (χ4n) is 2.87. The molecule has 0 unspecified atom stereocenters. The van der Waals surface area contributed by atoms with Crippen molar-refractivity contribution < 1.29 is 9.50 Å². The number of rotatable bonds is 6. The molecule has 6 heteroatoms. The third-order valence-electron chi connectivity index (χ3n) is 4.31. The van der Waals surface area contributed by atoms with Crippen LogP contribution >= 0.6 is 0 Å². The normalized spacial score (nSPS) is 15.5. The summed E-state index contributed by atoms with van der Waals surface area (Å²) in [5, 5.41) is 9.12. The fraction of sp³-hybridized carbons (Fsp3) is 0.300. The number of likely N-dealkylation sites (N-methyl/N-ethyl adjacent to an activating group) is 1. The Bertz CT molecular complexity index is 771. The summed E-state index contributed by atoms with van der Waals surface area (Å²) in [6, 6.07) is 14.3. The van der Waals surface area contributed by atoms with Crippen LogP contribution in [0.2, 0.25) is 0 Å². The molecule has 0 bridgehead atoms. The third-order valence-corrected chi connectivity index (χ3v) is 4.31. The van der Waals surface area contributed by atoms with E-state index in [4.69, 9.17) is 5.11 Å². The Morgan fingerprint density at radius 3 is 2.46 bits per heavy atom. The van der Waals surface area contributed by atoms with Gasteiger partial charge >= 0.3 is 0 Å². The van der Waals surface area contributed by atoms with Crippen LogP contribution in [0.15, 0.2) is 58.5 Å². The Balaban J connectivity index is 1.67. The summed E-state index contributed by atoms with van der Waals surface area (Å²) in [6.45, 7) is 4.42. The maximum atomic E-state index is 13.0. The van der Waals surface area contributed by atoms with Crippen LogP contribution in [-0.4, -0.2) is 43.5 Å². The summed E-state index contributed by atoms with van der Waals surface area (Å²) < 4.78 is 13.0. The zero-order valence-corrected chi connectivity index (χ0v) is 14.8. The Kier molecular flexibility index (Phi) is 5.96. The van der Waals surface area contributed by atoms with Crippen molar-refractivity contribution in [2.45, 2.75) is 13.3 Å². The van der Waals surface area contributed by atoms with Crippen LogP contribution in [0.5, 0.6) is 0 Å². The Morgan fingerprint density at radius 1 is 1.15 bits per heavy atom. The smallest absolute Gasteiger partial charge is 0.132 e.